The zero-order valence-corrected chi connectivity index (χ0v) is 18.3. The molecule has 0 radical (unpaired) electrons. The first-order valence-electron chi connectivity index (χ1n) is 10.2. The number of amides is 3. The summed E-state index contributed by atoms with van der Waals surface area (Å²) in [4.78, 5) is 46.8. The van der Waals surface area contributed by atoms with E-state index in [2.05, 4.69) is 10.3 Å². The smallest absolute Gasteiger partial charge is 0.254 e. The van der Waals surface area contributed by atoms with Crippen molar-refractivity contribution in [2.75, 3.05) is 18.4 Å². The number of fused-ring (bicyclic) bond motifs is 1. The molecule has 3 heterocycles. The summed E-state index contributed by atoms with van der Waals surface area (Å²) in [5, 5.41) is 3.44. The van der Waals surface area contributed by atoms with Crippen molar-refractivity contribution in [1.82, 2.24) is 14.8 Å². The van der Waals surface area contributed by atoms with E-state index in [1.54, 1.807) is 4.90 Å². The summed E-state index contributed by atoms with van der Waals surface area (Å²) < 4.78 is 0. The highest BCUT2D eigenvalue weighted by molar-refractivity contribution is 7.15. The summed E-state index contributed by atoms with van der Waals surface area (Å²) in [5.41, 5.74) is 1.32. The van der Waals surface area contributed by atoms with Crippen LogP contribution in [0, 0.1) is 5.92 Å². The molecule has 158 valence electrons. The Morgan fingerprint density at radius 1 is 1.20 bits per heavy atom. The number of benzene rings is 1. The van der Waals surface area contributed by atoms with E-state index >= 15 is 0 Å². The van der Waals surface area contributed by atoms with Crippen LogP contribution in [0.4, 0.5) is 5.13 Å². The summed E-state index contributed by atoms with van der Waals surface area (Å²) in [6.07, 6.45) is 0.896. The fraction of sp³-hybridized carbons (Fsp3) is 0.455. The fourth-order valence-electron chi connectivity index (χ4n) is 3.92. The highest BCUT2D eigenvalue weighted by Crippen LogP contribution is 2.31. The molecule has 2 aliphatic rings. The molecular formula is C22H26N4O3S. The molecule has 30 heavy (non-hydrogen) atoms. The number of aromatic nitrogens is 1. The number of likely N-dealkylation sites (tertiary alicyclic amines) is 1. The van der Waals surface area contributed by atoms with Crippen LogP contribution in [0.5, 0.6) is 0 Å². The number of carbonyl (C=O) groups excluding carboxylic acids is 3. The minimum Gasteiger partial charge on any atom is -0.337 e. The Hall–Kier alpha value is -2.74. The highest BCUT2D eigenvalue weighted by atomic mass is 32.1. The monoisotopic (exact) mass is 426 g/mol. The van der Waals surface area contributed by atoms with Crippen LogP contribution in [0.1, 0.15) is 48.1 Å². The number of anilines is 1. The van der Waals surface area contributed by atoms with Crippen LogP contribution in [0.25, 0.3) is 0 Å². The van der Waals surface area contributed by atoms with Crippen molar-refractivity contribution in [3.05, 3.63) is 46.5 Å². The van der Waals surface area contributed by atoms with E-state index in [0.717, 1.165) is 10.6 Å². The minimum atomic E-state index is -0.367. The summed E-state index contributed by atoms with van der Waals surface area (Å²) >= 11 is 1.41. The van der Waals surface area contributed by atoms with Gasteiger partial charge in [0.15, 0.2) is 5.13 Å². The Labute approximate surface area is 180 Å². The molecule has 1 unspecified atom stereocenters. The Bertz CT molecular complexity index is 980. The average molecular weight is 427 g/mol. The van der Waals surface area contributed by atoms with Crippen molar-refractivity contribution in [2.24, 2.45) is 5.92 Å². The van der Waals surface area contributed by atoms with Gasteiger partial charge in [-0.2, -0.15) is 0 Å². The third-order valence-corrected chi connectivity index (χ3v) is 6.57. The number of thiazole rings is 1. The number of carbonyl (C=O) groups is 3. The summed E-state index contributed by atoms with van der Waals surface area (Å²) in [6, 6.07) is 9.25. The first-order chi connectivity index (χ1) is 14.2. The quantitative estimate of drug-likeness (QED) is 0.818. The topological polar surface area (TPSA) is 82.6 Å². The summed E-state index contributed by atoms with van der Waals surface area (Å²) in [5.74, 6) is -0.518. The maximum absolute atomic E-state index is 12.7. The van der Waals surface area contributed by atoms with Crippen LogP contribution in [-0.4, -0.2) is 51.1 Å². The van der Waals surface area contributed by atoms with Crippen molar-refractivity contribution in [2.45, 2.75) is 45.7 Å². The van der Waals surface area contributed by atoms with Gasteiger partial charge in [-0.05, 0) is 32.9 Å². The molecule has 3 amide bonds. The van der Waals surface area contributed by atoms with Crippen LogP contribution in [0.2, 0.25) is 0 Å². The molecule has 8 heteroatoms. The number of hydrogen-bond acceptors (Lipinski definition) is 5. The third kappa shape index (κ3) is 4.09. The average Bonchev–Trinajstić information content (AvgIpc) is 3.30. The van der Waals surface area contributed by atoms with E-state index in [4.69, 9.17) is 0 Å². The molecule has 1 aromatic heterocycles. The van der Waals surface area contributed by atoms with E-state index in [9.17, 15) is 14.4 Å². The van der Waals surface area contributed by atoms with Gasteiger partial charge in [-0.25, -0.2) is 4.98 Å². The van der Waals surface area contributed by atoms with Gasteiger partial charge in [-0.3, -0.25) is 14.4 Å². The largest absolute Gasteiger partial charge is 0.337 e. The number of nitrogens with one attached hydrogen (secondary N) is 1. The molecule has 1 aromatic carbocycles. The molecule has 2 aliphatic heterocycles. The molecule has 0 aliphatic carbocycles. The van der Waals surface area contributed by atoms with E-state index in [-0.39, 0.29) is 35.6 Å². The molecule has 1 N–H and O–H groups in total. The Morgan fingerprint density at radius 2 is 1.93 bits per heavy atom. The first kappa shape index (κ1) is 20.5. The number of rotatable bonds is 3. The van der Waals surface area contributed by atoms with Crippen LogP contribution in [0.3, 0.4) is 0 Å². The van der Waals surface area contributed by atoms with Crippen molar-refractivity contribution in [1.29, 1.82) is 0 Å². The van der Waals surface area contributed by atoms with Crippen molar-refractivity contribution in [3.8, 4) is 0 Å². The molecule has 0 bridgehead atoms. The van der Waals surface area contributed by atoms with E-state index in [1.165, 1.54) is 11.3 Å². The molecule has 7 nitrogen and oxygen atoms in total. The SMILES string of the molecule is CC(C)(C)N1CC(C(=O)Nc2nc3c(s2)CN(C(=O)c2ccccc2)CC3)CC1=O. The lowest BCUT2D eigenvalue weighted by atomic mass is 10.1. The van der Waals surface area contributed by atoms with Gasteiger partial charge >= 0.3 is 0 Å². The van der Waals surface area contributed by atoms with Crippen LogP contribution in [-0.2, 0) is 22.6 Å². The number of hydrogen-bond donors (Lipinski definition) is 1. The maximum Gasteiger partial charge on any atom is 0.254 e. The predicted octanol–water partition coefficient (Wildman–Crippen LogP) is 2.93. The lowest BCUT2D eigenvalue weighted by molar-refractivity contribution is -0.131. The third-order valence-electron chi connectivity index (χ3n) is 5.57. The fourth-order valence-corrected chi connectivity index (χ4v) is 4.95. The van der Waals surface area contributed by atoms with Gasteiger partial charge in [0, 0.05) is 41.9 Å². The molecule has 4 rings (SSSR count). The second kappa shape index (κ2) is 7.83. The molecule has 1 saturated heterocycles. The van der Waals surface area contributed by atoms with Crippen LogP contribution in [0.15, 0.2) is 30.3 Å². The second-order valence-electron chi connectivity index (χ2n) is 8.80. The highest BCUT2D eigenvalue weighted by Gasteiger charge is 2.39. The van der Waals surface area contributed by atoms with Crippen LogP contribution < -0.4 is 5.32 Å². The lowest BCUT2D eigenvalue weighted by Crippen LogP contribution is -2.42. The Balaban J connectivity index is 1.40. The van der Waals surface area contributed by atoms with E-state index in [1.807, 2.05) is 56.0 Å². The number of nitrogens with zero attached hydrogens (tertiary/aromatic N) is 3. The molecule has 1 atom stereocenters. The standard InChI is InChI=1S/C22H26N4O3S/c1-22(2,3)26-12-15(11-18(26)27)19(28)24-21-23-16-9-10-25(13-17(16)30-21)20(29)14-7-5-4-6-8-14/h4-8,15H,9-13H2,1-3H3,(H,23,24,28). The summed E-state index contributed by atoms with van der Waals surface area (Å²) in [7, 11) is 0. The minimum absolute atomic E-state index is 0.00646. The molecular weight excluding hydrogens is 400 g/mol. The van der Waals surface area contributed by atoms with Gasteiger partial charge in [0.25, 0.3) is 5.91 Å². The predicted molar refractivity (Wildman–Crippen MR) is 115 cm³/mol. The maximum atomic E-state index is 12.7. The van der Waals surface area contributed by atoms with E-state index in [0.29, 0.717) is 36.8 Å². The van der Waals surface area contributed by atoms with Gasteiger partial charge in [-0.15, -0.1) is 0 Å². The molecule has 0 spiro atoms. The van der Waals surface area contributed by atoms with Gasteiger partial charge in [-0.1, -0.05) is 29.5 Å². The molecule has 0 saturated carbocycles. The van der Waals surface area contributed by atoms with Gasteiger partial charge in [0.2, 0.25) is 11.8 Å². The van der Waals surface area contributed by atoms with Crippen molar-refractivity contribution >= 4 is 34.2 Å². The van der Waals surface area contributed by atoms with Crippen molar-refractivity contribution < 1.29 is 14.4 Å². The normalized spacial score (nSPS) is 19.0. The van der Waals surface area contributed by atoms with Gasteiger partial charge in [0.1, 0.15) is 0 Å². The Morgan fingerprint density at radius 3 is 2.60 bits per heavy atom. The van der Waals surface area contributed by atoms with Gasteiger partial charge in [0.05, 0.1) is 18.2 Å². The first-order valence-corrected chi connectivity index (χ1v) is 11.0. The molecule has 1 fully saturated rings. The summed E-state index contributed by atoms with van der Waals surface area (Å²) in [6.45, 7) is 7.46. The van der Waals surface area contributed by atoms with Gasteiger partial charge < -0.3 is 15.1 Å². The second-order valence-corrected chi connectivity index (χ2v) is 9.88. The van der Waals surface area contributed by atoms with Crippen LogP contribution >= 0.6 is 11.3 Å². The zero-order chi connectivity index (χ0) is 21.5. The van der Waals surface area contributed by atoms with E-state index < -0.39 is 0 Å². The zero-order valence-electron chi connectivity index (χ0n) is 17.5. The molecule has 2 aromatic rings. The lowest BCUT2D eigenvalue weighted by Gasteiger charge is -2.31. The Kier molecular flexibility index (Phi) is 5.36. The van der Waals surface area contributed by atoms with Crippen molar-refractivity contribution in [3.63, 3.8) is 0 Å².